The van der Waals surface area contributed by atoms with Gasteiger partial charge in [-0.1, -0.05) is 24.3 Å². The maximum absolute atomic E-state index is 11.9. The van der Waals surface area contributed by atoms with Crippen molar-refractivity contribution in [2.45, 2.75) is 12.8 Å². The molecule has 2 aromatic rings. The molecule has 1 aromatic carbocycles. The number of aryl methyl sites for hydroxylation is 1. The largest absolute Gasteiger partial charge is 0.292 e. The third-order valence-corrected chi connectivity index (χ3v) is 2.60. The average Bonchev–Trinajstić information content (AvgIpc) is 2.65. The molecule has 1 aromatic heterocycles. The number of fused-ring (bicyclic) bond motifs is 1. The molecule has 0 radical (unpaired) electrons. The number of hydrogen-bond acceptors (Lipinski definition) is 2. The number of carbonyl (C=O) groups is 1. The molecule has 2 rings (SSSR count). The normalized spacial score (nSPS) is 10.6. The zero-order chi connectivity index (χ0) is 11.5. The first-order valence-corrected chi connectivity index (χ1v) is 5.30. The monoisotopic (exact) mass is 214 g/mol. The minimum absolute atomic E-state index is 0.0803. The van der Waals surface area contributed by atoms with Gasteiger partial charge in [0.25, 0.3) is 0 Å². The number of ketones is 1. The molecule has 0 aliphatic carbocycles. The number of rotatable bonds is 4. The summed E-state index contributed by atoms with van der Waals surface area (Å²) in [5.41, 5.74) is 1.56. The Morgan fingerprint density at radius 2 is 2.25 bits per heavy atom. The lowest BCUT2D eigenvalue weighted by atomic mass is 10.1. The smallest absolute Gasteiger partial charge is 0.184 e. The van der Waals surface area contributed by atoms with Crippen LogP contribution in [0.2, 0.25) is 0 Å². The van der Waals surface area contributed by atoms with Crippen LogP contribution in [0.3, 0.4) is 0 Å². The van der Waals surface area contributed by atoms with E-state index in [-0.39, 0.29) is 5.78 Å². The van der Waals surface area contributed by atoms with Gasteiger partial charge >= 0.3 is 0 Å². The second-order valence-corrected chi connectivity index (χ2v) is 3.74. The van der Waals surface area contributed by atoms with Crippen LogP contribution in [-0.2, 0) is 7.05 Å². The van der Waals surface area contributed by atoms with Gasteiger partial charge in [0.05, 0.1) is 5.52 Å². The maximum atomic E-state index is 11.9. The minimum atomic E-state index is 0.0803. The van der Waals surface area contributed by atoms with Crippen molar-refractivity contribution < 1.29 is 4.79 Å². The summed E-state index contributed by atoms with van der Waals surface area (Å²) in [6.07, 6.45) is 2.93. The highest BCUT2D eigenvalue weighted by Crippen LogP contribution is 2.19. The molecule has 16 heavy (non-hydrogen) atoms. The van der Waals surface area contributed by atoms with Crippen LogP contribution in [0.1, 0.15) is 23.3 Å². The SMILES string of the molecule is C=CCCC(=O)c1nn(C)c2ccccc12. The third kappa shape index (κ3) is 1.76. The molecule has 0 amide bonds. The van der Waals surface area contributed by atoms with Crippen molar-refractivity contribution in [3.63, 3.8) is 0 Å². The Hall–Kier alpha value is -1.90. The van der Waals surface area contributed by atoms with Crippen molar-refractivity contribution in [1.29, 1.82) is 0 Å². The molecule has 0 fully saturated rings. The second kappa shape index (κ2) is 4.31. The first-order chi connectivity index (χ1) is 7.74. The van der Waals surface area contributed by atoms with Crippen molar-refractivity contribution in [1.82, 2.24) is 9.78 Å². The van der Waals surface area contributed by atoms with E-state index in [0.717, 1.165) is 10.9 Å². The summed E-state index contributed by atoms with van der Waals surface area (Å²) in [7, 11) is 1.85. The number of nitrogens with zero attached hydrogens (tertiary/aromatic N) is 2. The number of aromatic nitrogens is 2. The molecule has 0 atom stereocenters. The summed E-state index contributed by atoms with van der Waals surface area (Å²) < 4.78 is 1.75. The van der Waals surface area contributed by atoms with E-state index in [9.17, 15) is 4.79 Å². The summed E-state index contributed by atoms with van der Waals surface area (Å²) in [5.74, 6) is 0.0803. The first-order valence-electron chi connectivity index (χ1n) is 5.30. The molecule has 0 unspecified atom stereocenters. The van der Waals surface area contributed by atoms with Crippen LogP contribution in [-0.4, -0.2) is 15.6 Å². The summed E-state index contributed by atoms with van der Waals surface area (Å²) in [4.78, 5) is 11.9. The molecule has 0 bridgehead atoms. The quantitative estimate of drug-likeness (QED) is 0.579. The van der Waals surface area contributed by atoms with E-state index >= 15 is 0 Å². The summed E-state index contributed by atoms with van der Waals surface area (Å²) >= 11 is 0. The van der Waals surface area contributed by atoms with Crippen LogP contribution in [0, 0.1) is 0 Å². The Balaban J connectivity index is 2.44. The zero-order valence-corrected chi connectivity index (χ0v) is 9.31. The van der Waals surface area contributed by atoms with E-state index in [4.69, 9.17) is 0 Å². The van der Waals surface area contributed by atoms with Crippen molar-refractivity contribution in [3.8, 4) is 0 Å². The Morgan fingerprint density at radius 3 is 3.00 bits per heavy atom. The van der Waals surface area contributed by atoms with Gasteiger partial charge < -0.3 is 0 Å². The molecule has 0 N–H and O–H groups in total. The zero-order valence-electron chi connectivity index (χ0n) is 9.31. The summed E-state index contributed by atoms with van der Waals surface area (Å²) in [6.45, 7) is 3.62. The predicted molar refractivity (Wildman–Crippen MR) is 64.5 cm³/mol. The van der Waals surface area contributed by atoms with E-state index in [1.54, 1.807) is 10.8 Å². The lowest BCUT2D eigenvalue weighted by molar-refractivity contribution is 0.0979. The lowest BCUT2D eigenvalue weighted by Gasteiger charge is -1.94. The Kier molecular flexibility index (Phi) is 2.86. The van der Waals surface area contributed by atoms with Gasteiger partial charge in [0.1, 0.15) is 5.69 Å². The Morgan fingerprint density at radius 1 is 1.50 bits per heavy atom. The molecule has 0 spiro atoms. The van der Waals surface area contributed by atoms with E-state index in [1.807, 2.05) is 31.3 Å². The fourth-order valence-electron chi connectivity index (χ4n) is 1.77. The number of allylic oxidation sites excluding steroid dienone is 1. The maximum Gasteiger partial charge on any atom is 0.184 e. The van der Waals surface area contributed by atoms with Crippen molar-refractivity contribution >= 4 is 16.7 Å². The molecule has 3 heteroatoms. The summed E-state index contributed by atoms with van der Waals surface area (Å²) in [6, 6.07) is 7.77. The minimum Gasteiger partial charge on any atom is -0.292 e. The third-order valence-electron chi connectivity index (χ3n) is 2.60. The number of Topliss-reactive ketones (excluding diaryl/α,β-unsaturated/α-hetero) is 1. The fraction of sp³-hybridized carbons (Fsp3) is 0.231. The Bertz CT molecular complexity index is 540. The van der Waals surface area contributed by atoms with Gasteiger partial charge in [0, 0.05) is 18.9 Å². The van der Waals surface area contributed by atoms with Crippen LogP contribution in [0.15, 0.2) is 36.9 Å². The number of carbonyl (C=O) groups excluding carboxylic acids is 1. The highest BCUT2D eigenvalue weighted by molar-refractivity contribution is 6.05. The molecule has 3 nitrogen and oxygen atoms in total. The van der Waals surface area contributed by atoms with Gasteiger partial charge in [-0.25, -0.2) is 0 Å². The molecular weight excluding hydrogens is 200 g/mol. The van der Waals surface area contributed by atoms with E-state index in [2.05, 4.69) is 11.7 Å². The standard InChI is InChI=1S/C13H14N2O/c1-3-4-9-12(16)13-10-7-5-6-8-11(10)15(2)14-13/h3,5-8H,1,4,9H2,2H3. The van der Waals surface area contributed by atoms with Crippen LogP contribution >= 0.6 is 0 Å². The van der Waals surface area contributed by atoms with Gasteiger partial charge in [0.15, 0.2) is 5.78 Å². The van der Waals surface area contributed by atoms with Crippen LogP contribution < -0.4 is 0 Å². The van der Waals surface area contributed by atoms with Crippen molar-refractivity contribution in [2.75, 3.05) is 0 Å². The second-order valence-electron chi connectivity index (χ2n) is 3.74. The summed E-state index contributed by atoms with van der Waals surface area (Å²) in [5, 5.41) is 5.21. The van der Waals surface area contributed by atoms with E-state index < -0.39 is 0 Å². The van der Waals surface area contributed by atoms with Gasteiger partial charge in [-0.05, 0) is 12.5 Å². The lowest BCUT2D eigenvalue weighted by Crippen LogP contribution is -2.01. The van der Waals surface area contributed by atoms with Gasteiger partial charge in [-0.15, -0.1) is 6.58 Å². The molecule has 0 saturated carbocycles. The van der Waals surface area contributed by atoms with E-state index in [0.29, 0.717) is 18.5 Å². The van der Waals surface area contributed by atoms with Gasteiger partial charge in [-0.3, -0.25) is 9.48 Å². The van der Waals surface area contributed by atoms with Crippen molar-refractivity contribution in [3.05, 3.63) is 42.6 Å². The average molecular weight is 214 g/mol. The molecule has 0 aliphatic rings. The predicted octanol–water partition coefficient (Wildman–Crippen LogP) is 2.72. The van der Waals surface area contributed by atoms with Gasteiger partial charge in [0.2, 0.25) is 0 Å². The molecular formula is C13H14N2O. The Labute approximate surface area is 94.4 Å². The van der Waals surface area contributed by atoms with Crippen LogP contribution in [0.4, 0.5) is 0 Å². The highest BCUT2D eigenvalue weighted by Gasteiger charge is 2.14. The fourth-order valence-corrected chi connectivity index (χ4v) is 1.77. The van der Waals surface area contributed by atoms with Crippen molar-refractivity contribution in [2.24, 2.45) is 7.05 Å². The first kappa shape index (κ1) is 10.6. The van der Waals surface area contributed by atoms with Gasteiger partial charge in [-0.2, -0.15) is 5.10 Å². The topological polar surface area (TPSA) is 34.9 Å². The molecule has 0 saturated heterocycles. The molecule has 1 heterocycles. The number of para-hydroxylation sites is 1. The van der Waals surface area contributed by atoms with Crippen LogP contribution in [0.25, 0.3) is 10.9 Å². The van der Waals surface area contributed by atoms with Crippen LogP contribution in [0.5, 0.6) is 0 Å². The number of hydrogen-bond donors (Lipinski definition) is 0. The number of benzene rings is 1. The molecule has 82 valence electrons. The van der Waals surface area contributed by atoms with E-state index in [1.165, 1.54) is 0 Å². The molecule has 0 aliphatic heterocycles. The highest BCUT2D eigenvalue weighted by atomic mass is 16.1.